The third kappa shape index (κ3) is 4.76. The number of rotatable bonds is 7. The summed E-state index contributed by atoms with van der Waals surface area (Å²) in [6, 6.07) is 17.1. The van der Waals surface area contributed by atoms with Crippen LogP contribution in [-0.2, 0) is 4.79 Å². The standard InChI is InChI=1S/C21H17N7OS/c29-19(25-24-14-16-6-10-22-11-7-16)15-30-21-27-26-20(17-8-12-23-13-9-17)28(21)18-4-2-1-3-5-18/h1-14H,15H2,(H,25,29)/b24-14-. The second kappa shape index (κ2) is 9.57. The summed E-state index contributed by atoms with van der Waals surface area (Å²) in [5.41, 5.74) is 5.17. The van der Waals surface area contributed by atoms with Gasteiger partial charge >= 0.3 is 0 Å². The molecule has 4 aromatic rings. The van der Waals surface area contributed by atoms with Crippen molar-refractivity contribution >= 4 is 23.9 Å². The molecule has 3 aromatic heterocycles. The minimum Gasteiger partial charge on any atom is -0.272 e. The second-order valence-corrected chi connectivity index (χ2v) is 7.02. The summed E-state index contributed by atoms with van der Waals surface area (Å²) in [5.74, 6) is 0.593. The number of thioether (sulfide) groups is 1. The van der Waals surface area contributed by atoms with Crippen molar-refractivity contribution in [1.82, 2.24) is 30.2 Å². The van der Waals surface area contributed by atoms with Crippen molar-refractivity contribution in [1.29, 1.82) is 0 Å². The fourth-order valence-corrected chi connectivity index (χ4v) is 3.40. The highest BCUT2D eigenvalue weighted by atomic mass is 32.2. The highest BCUT2D eigenvalue weighted by molar-refractivity contribution is 7.99. The number of nitrogens with zero attached hydrogens (tertiary/aromatic N) is 6. The molecule has 3 heterocycles. The van der Waals surface area contributed by atoms with Crippen LogP contribution in [0, 0.1) is 0 Å². The first-order chi connectivity index (χ1) is 14.8. The third-order valence-corrected chi connectivity index (χ3v) is 4.96. The second-order valence-electron chi connectivity index (χ2n) is 6.08. The van der Waals surface area contributed by atoms with E-state index in [1.165, 1.54) is 11.8 Å². The van der Waals surface area contributed by atoms with Crippen molar-refractivity contribution in [2.45, 2.75) is 5.16 Å². The van der Waals surface area contributed by atoms with Crippen molar-refractivity contribution in [3.63, 3.8) is 0 Å². The Labute approximate surface area is 177 Å². The Balaban J connectivity index is 1.49. The quantitative estimate of drug-likeness (QED) is 0.283. The van der Waals surface area contributed by atoms with Crippen LogP contribution in [-0.4, -0.2) is 42.6 Å². The maximum absolute atomic E-state index is 12.2. The van der Waals surface area contributed by atoms with Crippen LogP contribution >= 0.6 is 11.8 Å². The van der Waals surface area contributed by atoms with Gasteiger partial charge in [-0.05, 0) is 42.0 Å². The zero-order valence-electron chi connectivity index (χ0n) is 15.8. The minimum atomic E-state index is -0.238. The average Bonchev–Trinajstić information content (AvgIpc) is 3.23. The van der Waals surface area contributed by atoms with E-state index >= 15 is 0 Å². The molecule has 0 bridgehead atoms. The lowest BCUT2D eigenvalue weighted by atomic mass is 10.2. The summed E-state index contributed by atoms with van der Waals surface area (Å²) in [6.07, 6.45) is 8.31. The van der Waals surface area contributed by atoms with Gasteiger partial charge in [-0.3, -0.25) is 19.3 Å². The molecule has 0 saturated carbocycles. The largest absolute Gasteiger partial charge is 0.272 e. The lowest BCUT2D eigenvalue weighted by molar-refractivity contribution is -0.118. The molecular formula is C21H17N7OS. The zero-order valence-corrected chi connectivity index (χ0v) is 16.6. The number of pyridine rings is 2. The maximum atomic E-state index is 12.2. The van der Waals surface area contributed by atoms with Gasteiger partial charge in [0.15, 0.2) is 11.0 Å². The first kappa shape index (κ1) is 19.5. The predicted octanol–water partition coefficient (Wildman–Crippen LogP) is 2.97. The normalized spacial score (nSPS) is 10.9. The van der Waals surface area contributed by atoms with Crippen LogP contribution in [0.1, 0.15) is 5.56 Å². The highest BCUT2D eigenvalue weighted by Crippen LogP contribution is 2.27. The summed E-state index contributed by atoms with van der Waals surface area (Å²) in [6.45, 7) is 0. The van der Waals surface area contributed by atoms with Gasteiger partial charge in [0.25, 0.3) is 5.91 Å². The Kier molecular flexibility index (Phi) is 6.21. The van der Waals surface area contributed by atoms with Crippen LogP contribution in [0.5, 0.6) is 0 Å². The molecule has 148 valence electrons. The number of nitrogens with one attached hydrogen (secondary N) is 1. The number of carbonyl (C=O) groups excluding carboxylic acids is 1. The van der Waals surface area contributed by atoms with Crippen molar-refractivity contribution in [3.05, 3.63) is 84.9 Å². The van der Waals surface area contributed by atoms with E-state index in [-0.39, 0.29) is 11.7 Å². The molecule has 0 unspecified atom stereocenters. The van der Waals surface area contributed by atoms with Gasteiger partial charge in [-0.25, -0.2) is 5.43 Å². The Hall–Kier alpha value is -3.85. The van der Waals surface area contributed by atoms with Crippen LogP contribution in [0.4, 0.5) is 0 Å². The molecule has 0 aliphatic rings. The highest BCUT2D eigenvalue weighted by Gasteiger charge is 2.17. The van der Waals surface area contributed by atoms with E-state index in [0.717, 1.165) is 16.8 Å². The number of benzene rings is 1. The van der Waals surface area contributed by atoms with Gasteiger partial charge in [0, 0.05) is 36.0 Å². The van der Waals surface area contributed by atoms with E-state index in [1.807, 2.05) is 47.0 Å². The molecule has 0 atom stereocenters. The molecule has 0 spiro atoms. The Bertz CT molecular complexity index is 1130. The summed E-state index contributed by atoms with van der Waals surface area (Å²) in [5, 5.41) is 13.2. The van der Waals surface area contributed by atoms with Crippen molar-refractivity contribution in [3.8, 4) is 17.1 Å². The van der Waals surface area contributed by atoms with E-state index in [0.29, 0.717) is 11.0 Å². The lowest BCUT2D eigenvalue weighted by Gasteiger charge is -2.10. The molecule has 0 aliphatic carbocycles. The third-order valence-electron chi connectivity index (χ3n) is 4.03. The van der Waals surface area contributed by atoms with Crippen LogP contribution in [0.2, 0.25) is 0 Å². The first-order valence-electron chi connectivity index (χ1n) is 9.07. The number of para-hydroxylation sites is 1. The monoisotopic (exact) mass is 415 g/mol. The van der Waals surface area contributed by atoms with E-state index in [2.05, 4.69) is 30.7 Å². The van der Waals surface area contributed by atoms with E-state index in [1.54, 1.807) is 43.1 Å². The number of hydrogen-bond donors (Lipinski definition) is 1. The van der Waals surface area contributed by atoms with Gasteiger partial charge in [-0.2, -0.15) is 5.10 Å². The predicted molar refractivity (Wildman–Crippen MR) is 115 cm³/mol. The molecule has 0 saturated heterocycles. The van der Waals surface area contributed by atoms with Gasteiger partial charge in [0.2, 0.25) is 0 Å². The Morgan fingerprint density at radius 2 is 1.67 bits per heavy atom. The molecule has 1 amide bonds. The fourth-order valence-electron chi connectivity index (χ4n) is 2.65. The molecule has 9 heteroatoms. The van der Waals surface area contributed by atoms with Crippen molar-refractivity contribution in [2.24, 2.45) is 5.10 Å². The van der Waals surface area contributed by atoms with Crippen LogP contribution in [0.3, 0.4) is 0 Å². The minimum absolute atomic E-state index is 0.148. The molecule has 0 aliphatic heterocycles. The molecule has 1 N–H and O–H groups in total. The van der Waals surface area contributed by atoms with Gasteiger partial charge in [-0.1, -0.05) is 30.0 Å². The van der Waals surface area contributed by atoms with Gasteiger partial charge in [0.05, 0.1) is 12.0 Å². The van der Waals surface area contributed by atoms with Crippen LogP contribution in [0.15, 0.2) is 89.6 Å². The fraction of sp³-hybridized carbons (Fsp3) is 0.0476. The topological polar surface area (TPSA) is 98.0 Å². The molecule has 1 aromatic carbocycles. The number of carbonyl (C=O) groups is 1. The number of hydrogen-bond acceptors (Lipinski definition) is 7. The van der Waals surface area contributed by atoms with Crippen molar-refractivity contribution in [2.75, 3.05) is 5.75 Å². The summed E-state index contributed by atoms with van der Waals surface area (Å²) in [7, 11) is 0. The zero-order chi connectivity index (χ0) is 20.6. The number of amides is 1. The smallest absolute Gasteiger partial charge is 0.250 e. The SMILES string of the molecule is O=C(CSc1nnc(-c2ccncc2)n1-c1ccccc1)N/N=C\c1ccncc1. The summed E-state index contributed by atoms with van der Waals surface area (Å²) >= 11 is 1.29. The number of hydrazone groups is 1. The van der Waals surface area contributed by atoms with Gasteiger partial charge < -0.3 is 0 Å². The Morgan fingerprint density at radius 3 is 2.40 bits per heavy atom. The van der Waals surface area contributed by atoms with Gasteiger partial charge in [-0.15, -0.1) is 10.2 Å². The molecule has 0 radical (unpaired) electrons. The van der Waals surface area contributed by atoms with E-state index < -0.39 is 0 Å². The number of aromatic nitrogens is 5. The first-order valence-corrected chi connectivity index (χ1v) is 10.1. The van der Waals surface area contributed by atoms with Crippen molar-refractivity contribution < 1.29 is 4.79 Å². The Morgan fingerprint density at radius 1 is 0.967 bits per heavy atom. The van der Waals surface area contributed by atoms with Crippen LogP contribution in [0.25, 0.3) is 17.1 Å². The summed E-state index contributed by atoms with van der Waals surface area (Å²) < 4.78 is 1.92. The molecule has 30 heavy (non-hydrogen) atoms. The molecule has 8 nitrogen and oxygen atoms in total. The molecular weight excluding hydrogens is 398 g/mol. The molecule has 0 fully saturated rings. The van der Waals surface area contributed by atoms with E-state index in [4.69, 9.17) is 0 Å². The van der Waals surface area contributed by atoms with Gasteiger partial charge in [0.1, 0.15) is 0 Å². The summed E-state index contributed by atoms with van der Waals surface area (Å²) in [4.78, 5) is 20.2. The maximum Gasteiger partial charge on any atom is 0.250 e. The van der Waals surface area contributed by atoms with E-state index in [9.17, 15) is 4.79 Å². The van der Waals surface area contributed by atoms with Crippen LogP contribution < -0.4 is 5.43 Å². The molecule has 4 rings (SSSR count). The average molecular weight is 415 g/mol. The lowest BCUT2D eigenvalue weighted by Crippen LogP contribution is -2.20.